The maximum atomic E-state index is 12.4. The Kier molecular flexibility index (Phi) is 5.04. The topological polar surface area (TPSA) is 79.5 Å². The van der Waals surface area contributed by atoms with Gasteiger partial charge in [-0.15, -0.1) is 0 Å². The van der Waals surface area contributed by atoms with E-state index in [-0.39, 0.29) is 11.8 Å². The van der Waals surface area contributed by atoms with E-state index in [1.165, 1.54) is 12.8 Å². The molecule has 1 aromatic rings. The SMILES string of the molecule is CNC(=O)c1ccc(OC)c(NC(=O)CC2CC3CCC(C2)N3)c1. The minimum atomic E-state index is -0.192. The first kappa shape index (κ1) is 16.8. The van der Waals surface area contributed by atoms with Gasteiger partial charge in [-0.25, -0.2) is 0 Å². The Hall–Kier alpha value is -2.08. The summed E-state index contributed by atoms with van der Waals surface area (Å²) in [6, 6.07) is 6.19. The van der Waals surface area contributed by atoms with Crippen molar-refractivity contribution in [2.24, 2.45) is 5.92 Å². The highest BCUT2D eigenvalue weighted by Crippen LogP contribution is 2.33. The lowest BCUT2D eigenvalue weighted by Crippen LogP contribution is -2.39. The lowest BCUT2D eigenvalue weighted by molar-refractivity contribution is -0.117. The van der Waals surface area contributed by atoms with Crippen molar-refractivity contribution in [1.29, 1.82) is 0 Å². The van der Waals surface area contributed by atoms with E-state index >= 15 is 0 Å². The van der Waals surface area contributed by atoms with Gasteiger partial charge < -0.3 is 20.7 Å². The molecule has 2 unspecified atom stereocenters. The first-order valence-corrected chi connectivity index (χ1v) is 8.55. The third kappa shape index (κ3) is 3.70. The Balaban J connectivity index is 1.65. The molecule has 0 spiro atoms. The van der Waals surface area contributed by atoms with Gasteiger partial charge in [0.25, 0.3) is 5.91 Å². The number of hydrogen-bond donors (Lipinski definition) is 3. The molecule has 2 heterocycles. The van der Waals surface area contributed by atoms with Gasteiger partial charge in [0, 0.05) is 31.1 Å². The van der Waals surface area contributed by atoms with Crippen molar-refractivity contribution in [2.75, 3.05) is 19.5 Å². The van der Waals surface area contributed by atoms with E-state index in [0.717, 1.165) is 12.8 Å². The van der Waals surface area contributed by atoms with Gasteiger partial charge in [-0.05, 0) is 49.8 Å². The average Bonchev–Trinajstić information content (AvgIpc) is 2.92. The van der Waals surface area contributed by atoms with Gasteiger partial charge in [0.05, 0.1) is 12.8 Å². The molecule has 3 N–H and O–H groups in total. The van der Waals surface area contributed by atoms with Crippen LogP contribution < -0.4 is 20.7 Å². The number of benzene rings is 1. The van der Waals surface area contributed by atoms with Crippen LogP contribution in [0.2, 0.25) is 0 Å². The summed E-state index contributed by atoms with van der Waals surface area (Å²) in [5, 5.41) is 9.09. The highest BCUT2D eigenvalue weighted by molar-refractivity contribution is 5.98. The van der Waals surface area contributed by atoms with Crippen LogP contribution in [0.5, 0.6) is 5.75 Å². The normalized spacial score (nSPS) is 25.2. The van der Waals surface area contributed by atoms with Crippen LogP contribution in [0.15, 0.2) is 18.2 Å². The third-order valence-electron chi connectivity index (χ3n) is 5.01. The second kappa shape index (κ2) is 7.21. The number of rotatable bonds is 5. The summed E-state index contributed by atoms with van der Waals surface area (Å²) < 4.78 is 5.29. The summed E-state index contributed by atoms with van der Waals surface area (Å²) in [5.74, 6) is 0.773. The Labute approximate surface area is 142 Å². The number of carbonyl (C=O) groups is 2. The molecule has 2 aliphatic heterocycles. The quantitative estimate of drug-likeness (QED) is 0.770. The molecule has 2 bridgehead atoms. The van der Waals surface area contributed by atoms with Crippen molar-refractivity contribution in [3.8, 4) is 5.75 Å². The number of hydrogen-bond acceptors (Lipinski definition) is 4. The largest absolute Gasteiger partial charge is 0.495 e. The molecule has 0 aromatic heterocycles. The molecule has 2 amide bonds. The number of ether oxygens (including phenoxy) is 1. The van der Waals surface area contributed by atoms with Crippen molar-refractivity contribution in [1.82, 2.24) is 10.6 Å². The zero-order chi connectivity index (χ0) is 17.1. The van der Waals surface area contributed by atoms with Gasteiger partial charge in [-0.3, -0.25) is 9.59 Å². The van der Waals surface area contributed by atoms with E-state index in [0.29, 0.717) is 41.4 Å². The zero-order valence-corrected chi connectivity index (χ0v) is 14.2. The van der Waals surface area contributed by atoms with Gasteiger partial charge in [-0.1, -0.05) is 0 Å². The molecule has 130 valence electrons. The predicted molar refractivity (Wildman–Crippen MR) is 92.3 cm³/mol. The van der Waals surface area contributed by atoms with Crippen molar-refractivity contribution in [2.45, 2.75) is 44.2 Å². The van der Waals surface area contributed by atoms with E-state index in [9.17, 15) is 9.59 Å². The molecular formula is C18H25N3O3. The van der Waals surface area contributed by atoms with Gasteiger partial charge in [0.1, 0.15) is 5.75 Å². The molecule has 2 saturated heterocycles. The average molecular weight is 331 g/mol. The smallest absolute Gasteiger partial charge is 0.251 e. The Morgan fingerprint density at radius 3 is 2.58 bits per heavy atom. The van der Waals surface area contributed by atoms with Crippen molar-refractivity contribution in [3.63, 3.8) is 0 Å². The molecule has 0 radical (unpaired) electrons. The first-order chi connectivity index (χ1) is 11.6. The summed E-state index contributed by atoms with van der Waals surface area (Å²) in [6.45, 7) is 0. The Morgan fingerprint density at radius 2 is 1.96 bits per heavy atom. The Morgan fingerprint density at radius 1 is 1.25 bits per heavy atom. The molecule has 2 fully saturated rings. The van der Waals surface area contributed by atoms with E-state index in [2.05, 4.69) is 16.0 Å². The number of methoxy groups -OCH3 is 1. The highest BCUT2D eigenvalue weighted by atomic mass is 16.5. The molecule has 2 aliphatic rings. The van der Waals surface area contributed by atoms with Gasteiger partial charge in [0.2, 0.25) is 5.91 Å². The zero-order valence-electron chi connectivity index (χ0n) is 14.2. The number of carbonyl (C=O) groups excluding carboxylic acids is 2. The van der Waals surface area contributed by atoms with Crippen LogP contribution in [-0.2, 0) is 4.79 Å². The number of amides is 2. The van der Waals surface area contributed by atoms with Crippen LogP contribution in [0, 0.1) is 5.92 Å². The number of anilines is 1. The summed E-state index contributed by atoms with van der Waals surface area (Å²) >= 11 is 0. The van der Waals surface area contributed by atoms with Crippen molar-refractivity contribution < 1.29 is 14.3 Å². The maximum Gasteiger partial charge on any atom is 0.251 e. The molecule has 2 atom stereocenters. The number of nitrogens with one attached hydrogen (secondary N) is 3. The second-order valence-corrected chi connectivity index (χ2v) is 6.72. The van der Waals surface area contributed by atoms with Crippen LogP contribution in [0.3, 0.4) is 0 Å². The molecule has 6 nitrogen and oxygen atoms in total. The minimum Gasteiger partial charge on any atom is -0.495 e. The lowest BCUT2D eigenvalue weighted by Gasteiger charge is -2.28. The van der Waals surface area contributed by atoms with E-state index in [1.54, 1.807) is 32.4 Å². The van der Waals surface area contributed by atoms with E-state index < -0.39 is 0 Å². The van der Waals surface area contributed by atoms with Crippen LogP contribution in [0.25, 0.3) is 0 Å². The standard InChI is InChI=1S/C18H25N3O3/c1-19-18(23)12-3-6-16(24-2)15(10-12)21-17(22)9-11-7-13-4-5-14(8-11)20-13/h3,6,10-11,13-14,20H,4-5,7-9H2,1-2H3,(H,19,23)(H,21,22). The van der Waals surface area contributed by atoms with E-state index in [1.807, 2.05) is 0 Å². The molecule has 3 rings (SSSR count). The number of piperidine rings is 1. The van der Waals surface area contributed by atoms with Crippen molar-refractivity contribution >= 4 is 17.5 Å². The van der Waals surface area contributed by atoms with E-state index in [4.69, 9.17) is 4.74 Å². The fourth-order valence-electron chi connectivity index (χ4n) is 3.90. The van der Waals surface area contributed by atoms with Crippen molar-refractivity contribution in [3.05, 3.63) is 23.8 Å². The molecular weight excluding hydrogens is 306 g/mol. The monoisotopic (exact) mass is 331 g/mol. The van der Waals surface area contributed by atoms with Crippen LogP contribution in [-0.4, -0.2) is 38.1 Å². The van der Waals surface area contributed by atoms with Crippen LogP contribution in [0.4, 0.5) is 5.69 Å². The molecule has 6 heteroatoms. The predicted octanol–water partition coefficient (Wildman–Crippen LogP) is 1.91. The summed E-state index contributed by atoms with van der Waals surface area (Å²) in [5.41, 5.74) is 1.04. The second-order valence-electron chi connectivity index (χ2n) is 6.72. The summed E-state index contributed by atoms with van der Waals surface area (Å²) in [6.07, 6.45) is 5.11. The molecule has 1 aromatic carbocycles. The maximum absolute atomic E-state index is 12.4. The molecule has 0 aliphatic carbocycles. The van der Waals surface area contributed by atoms with Gasteiger partial charge in [-0.2, -0.15) is 0 Å². The van der Waals surface area contributed by atoms with Gasteiger partial charge >= 0.3 is 0 Å². The molecule has 24 heavy (non-hydrogen) atoms. The number of fused-ring (bicyclic) bond motifs is 2. The lowest BCUT2D eigenvalue weighted by atomic mass is 9.89. The van der Waals surface area contributed by atoms with Crippen LogP contribution >= 0.6 is 0 Å². The summed E-state index contributed by atoms with van der Waals surface area (Å²) in [4.78, 5) is 24.2. The fraction of sp³-hybridized carbons (Fsp3) is 0.556. The minimum absolute atomic E-state index is 0.0198. The summed E-state index contributed by atoms with van der Waals surface area (Å²) in [7, 11) is 3.13. The first-order valence-electron chi connectivity index (χ1n) is 8.55. The third-order valence-corrected chi connectivity index (χ3v) is 5.01. The van der Waals surface area contributed by atoms with Crippen LogP contribution in [0.1, 0.15) is 42.5 Å². The highest BCUT2D eigenvalue weighted by Gasteiger charge is 2.34. The van der Waals surface area contributed by atoms with Gasteiger partial charge in [0.15, 0.2) is 0 Å². The molecule has 0 saturated carbocycles. The fourth-order valence-corrected chi connectivity index (χ4v) is 3.90. The Bertz CT molecular complexity index is 620.